The smallest absolute Gasteiger partial charge is 0.193 e. The number of aliphatic imine (C=N–C) groups is 1. The SMILES string of the molecule is C=CCCCN(C)C(=NC)NCC1(C)COC1. The molecular weight excluding hydrogens is 214 g/mol. The molecule has 1 N–H and O–H groups in total. The van der Waals surface area contributed by atoms with Crippen LogP contribution in [0.4, 0.5) is 0 Å². The summed E-state index contributed by atoms with van der Waals surface area (Å²) in [4.78, 5) is 6.45. The van der Waals surface area contributed by atoms with Gasteiger partial charge in [0, 0.05) is 32.6 Å². The molecule has 0 bridgehead atoms. The number of hydrogen-bond donors (Lipinski definition) is 1. The van der Waals surface area contributed by atoms with Crippen LogP contribution in [0.25, 0.3) is 0 Å². The highest BCUT2D eigenvalue weighted by atomic mass is 16.5. The van der Waals surface area contributed by atoms with Gasteiger partial charge in [0.15, 0.2) is 5.96 Å². The predicted molar refractivity (Wildman–Crippen MR) is 72.3 cm³/mol. The van der Waals surface area contributed by atoms with Gasteiger partial charge in [-0.25, -0.2) is 0 Å². The van der Waals surface area contributed by atoms with Crippen molar-refractivity contribution < 1.29 is 4.74 Å². The quantitative estimate of drug-likeness (QED) is 0.330. The maximum Gasteiger partial charge on any atom is 0.193 e. The molecule has 0 aromatic carbocycles. The number of hydrogen-bond acceptors (Lipinski definition) is 2. The molecule has 0 radical (unpaired) electrons. The van der Waals surface area contributed by atoms with Crippen molar-refractivity contribution in [3.8, 4) is 0 Å². The number of unbranched alkanes of at least 4 members (excludes halogenated alkanes) is 1. The van der Waals surface area contributed by atoms with Crippen LogP contribution < -0.4 is 5.32 Å². The molecule has 0 unspecified atom stereocenters. The minimum atomic E-state index is 0.276. The zero-order chi connectivity index (χ0) is 12.7. The molecule has 4 nitrogen and oxygen atoms in total. The van der Waals surface area contributed by atoms with Crippen molar-refractivity contribution in [3.05, 3.63) is 12.7 Å². The first-order valence-electron chi connectivity index (χ1n) is 6.22. The van der Waals surface area contributed by atoms with Crippen molar-refractivity contribution in [1.82, 2.24) is 10.2 Å². The highest BCUT2D eigenvalue weighted by molar-refractivity contribution is 5.79. The van der Waals surface area contributed by atoms with E-state index in [1.165, 1.54) is 0 Å². The van der Waals surface area contributed by atoms with E-state index in [1.807, 2.05) is 13.1 Å². The van der Waals surface area contributed by atoms with Crippen LogP contribution in [0.2, 0.25) is 0 Å². The summed E-state index contributed by atoms with van der Waals surface area (Å²) in [5, 5.41) is 3.41. The lowest BCUT2D eigenvalue weighted by molar-refractivity contribution is -0.0972. The summed E-state index contributed by atoms with van der Waals surface area (Å²) >= 11 is 0. The summed E-state index contributed by atoms with van der Waals surface area (Å²) in [6.45, 7) is 9.57. The van der Waals surface area contributed by atoms with Gasteiger partial charge in [-0.3, -0.25) is 4.99 Å². The molecule has 1 saturated heterocycles. The van der Waals surface area contributed by atoms with Crippen molar-refractivity contribution in [1.29, 1.82) is 0 Å². The van der Waals surface area contributed by atoms with Crippen molar-refractivity contribution in [2.24, 2.45) is 10.4 Å². The molecule has 17 heavy (non-hydrogen) atoms. The molecular formula is C13H25N3O. The average molecular weight is 239 g/mol. The summed E-state index contributed by atoms with van der Waals surface area (Å²) in [5.41, 5.74) is 0.276. The Morgan fingerprint density at radius 2 is 2.29 bits per heavy atom. The van der Waals surface area contributed by atoms with Crippen LogP contribution in [0.3, 0.4) is 0 Å². The van der Waals surface area contributed by atoms with Crippen molar-refractivity contribution in [3.63, 3.8) is 0 Å². The fourth-order valence-corrected chi connectivity index (χ4v) is 1.81. The Morgan fingerprint density at radius 3 is 2.76 bits per heavy atom. The molecule has 4 heteroatoms. The lowest BCUT2D eigenvalue weighted by Gasteiger charge is -2.39. The van der Waals surface area contributed by atoms with Crippen LogP contribution in [-0.4, -0.2) is 51.3 Å². The molecule has 0 atom stereocenters. The largest absolute Gasteiger partial charge is 0.380 e. The minimum absolute atomic E-state index is 0.276. The third-order valence-corrected chi connectivity index (χ3v) is 3.05. The van der Waals surface area contributed by atoms with E-state index >= 15 is 0 Å². The molecule has 1 fully saturated rings. The van der Waals surface area contributed by atoms with Crippen LogP contribution in [0.1, 0.15) is 19.8 Å². The first-order valence-corrected chi connectivity index (χ1v) is 6.22. The highest BCUT2D eigenvalue weighted by Crippen LogP contribution is 2.25. The number of guanidine groups is 1. The number of ether oxygens (including phenoxy) is 1. The topological polar surface area (TPSA) is 36.9 Å². The monoisotopic (exact) mass is 239 g/mol. The molecule has 1 aliphatic heterocycles. The molecule has 0 spiro atoms. The predicted octanol–water partition coefficient (Wildman–Crippen LogP) is 1.50. The van der Waals surface area contributed by atoms with Crippen LogP contribution in [0, 0.1) is 5.41 Å². The summed E-state index contributed by atoms with van der Waals surface area (Å²) in [6.07, 6.45) is 4.12. The molecule has 98 valence electrons. The van der Waals surface area contributed by atoms with E-state index < -0.39 is 0 Å². The summed E-state index contributed by atoms with van der Waals surface area (Å²) in [7, 11) is 3.89. The van der Waals surface area contributed by atoms with Gasteiger partial charge in [0.25, 0.3) is 0 Å². The average Bonchev–Trinajstić information content (AvgIpc) is 2.28. The van der Waals surface area contributed by atoms with E-state index in [-0.39, 0.29) is 5.41 Å². The van der Waals surface area contributed by atoms with Crippen molar-refractivity contribution >= 4 is 5.96 Å². The molecule has 0 aliphatic carbocycles. The lowest BCUT2D eigenvalue weighted by Crippen LogP contribution is -2.51. The first kappa shape index (κ1) is 14.0. The molecule has 0 saturated carbocycles. The van der Waals surface area contributed by atoms with Crippen LogP contribution in [0.5, 0.6) is 0 Å². The Morgan fingerprint density at radius 1 is 1.59 bits per heavy atom. The zero-order valence-electron chi connectivity index (χ0n) is 11.3. The summed E-state index contributed by atoms with van der Waals surface area (Å²) < 4.78 is 5.24. The normalized spacial score (nSPS) is 18.4. The van der Waals surface area contributed by atoms with Gasteiger partial charge in [0.05, 0.1) is 13.2 Å². The summed E-state index contributed by atoms with van der Waals surface area (Å²) in [5.74, 6) is 0.960. The van der Waals surface area contributed by atoms with E-state index in [9.17, 15) is 0 Å². The standard InChI is InChI=1S/C13H25N3O/c1-5-6-7-8-16(4)12(14-3)15-9-13(2)10-17-11-13/h5H,1,6-11H2,2-4H3,(H,14,15). The molecule has 1 rings (SSSR count). The fraction of sp³-hybridized carbons (Fsp3) is 0.769. The van der Waals surface area contributed by atoms with E-state index in [2.05, 4.69) is 35.8 Å². The van der Waals surface area contributed by atoms with Gasteiger partial charge in [0.1, 0.15) is 0 Å². The fourth-order valence-electron chi connectivity index (χ4n) is 1.81. The Kier molecular flexibility index (Phi) is 5.48. The number of nitrogens with zero attached hydrogens (tertiary/aromatic N) is 2. The molecule has 0 aromatic rings. The Labute approximate surface area is 105 Å². The molecule has 0 amide bonds. The van der Waals surface area contributed by atoms with Gasteiger partial charge < -0.3 is 15.0 Å². The molecule has 1 aliphatic rings. The third kappa shape index (κ3) is 4.38. The number of rotatable bonds is 6. The number of allylic oxidation sites excluding steroid dienone is 1. The van der Waals surface area contributed by atoms with E-state index in [4.69, 9.17) is 4.74 Å². The van der Waals surface area contributed by atoms with Crippen LogP contribution >= 0.6 is 0 Å². The van der Waals surface area contributed by atoms with Gasteiger partial charge in [-0.05, 0) is 12.8 Å². The van der Waals surface area contributed by atoms with Crippen LogP contribution in [-0.2, 0) is 4.74 Å². The van der Waals surface area contributed by atoms with E-state index in [0.717, 1.165) is 45.1 Å². The van der Waals surface area contributed by atoms with E-state index in [0.29, 0.717) is 0 Å². The van der Waals surface area contributed by atoms with E-state index in [1.54, 1.807) is 0 Å². The van der Waals surface area contributed by atoms with Gasteiger partial charge in [-0.1, -0.05) is 13.0 Å². The maximum absolute atomic E-state index is 5.24. The second-order valence-corrected chi connectivity index (χ2v) is 5.06. The van der Waals surface area contributed by atoms with Gasteiger partial charge >= 0.3 is 0 Å². The minimum Gasteiger partial charge on any atom is -0.380 e. The Hall–Kier alpha value is -1.03. The maximum atomic E-state index is 5.24. The Bertz CT molecular complexity index is 272. The third-order valence-electron chi connectivity index (χ3n) is 3.05. The molecule has 0 aromatic heterocycles. The van der Waals surface area contributed by atoms with Crippen LogP contribution in [0.15, 0.2) is 17.6 Å². The second-order valence-electron chi connectivity index (χ2n) is 5.06. The Balaban J connectivity index is 2.29. The summed E-state index contributed by atoms with van der Waals surface area (Å²) in [6, 6.07) is 0. The second kappa shape index (κ2) is 6.64. The molecule has 1 heterocycles. The number of nitrogens with one attached hydrogen (secondary N) is 1. The highest BCUT2D eigenvalue weighted by Gasteiger charge is 2.33. The zero-order valence-corrected chi connectivity index (χ0v) is 11.3. The van der Waals surface area contributed by atoms with Gasteiger partial charge in [-0.15, -0.1) is 6.58 Å². The first-order chi connectivity index (χ1) is 8.11. The van der Waals surface area contributed by atoms with Crippen molar-refractivity contribution in [2.75, 3.05) is 40.4 Å². The van der Waals surface area contributed by atoms with Gasteiger partial charge in [0.2, 0.25) is 0 Å². The van der Waals surface area contributed by atoms with Gasteiger partial charge in [-0.2, -0.15) is 0 Å². The lowest BCUT2D eigenvalue weighted by atomic mass is 9.89. The van der Waals surface area contributed by atoms with Crippen molar-refractivity contribution in [2.45, 2.75) is 19.8 Å².